The van der Waals surface area contributed by atoms with Gasteiger partial charge in [-0.15, -0.1) is 0 Å². The highest BCUT2D eigenvalue weighted by atomic mass is 16.5. The summed E-state index contributed by atoms with van der Waals surface area (Å²) in [5, 5.41) is 0.877. The maximum Gasteiger partial charge on any atom is 0.170 e. The number of hydrogen-bond donors (Lipinski definition) is 1. The van der Waals surface area contributed by atoms with Crippen LogP contribution in [0, 0.1) is 5.92 Å². The fourth-order valence-electron chi connectivity index (χ4n) is 3.07. The summed E-state index contributed by atoms with van der Waals surface area (Å²) in [4.78, 5) is 16.0. The lowest BCUT2D eigenvalue weighted by molar-refractivity contribution is 0.0690. The van der Waals surface area contributed by atoms with Crippen molar-refractivity contribution in [3.05, 3.63) is 30.0 Å². The monoisotopic (exact) mass is 273 g/mol. The molecule has 3 rings (SSSR count). The molecular formula is C16H19NO3. The molecule has 1 aromatic carbocycles. The number of fused-ring (bicyclic) bond motifs is 1. The number of aromatic amines is 1. The molecule has 0 bridgehead atoms. The lowest BCUT2D eigenvalue weighted by Gasteiger charge is -2.15. The number of hydrogen-bond acceptors (Lipinski definition) is 3. The number of aromatic nitrogens is 1. The van der Waals surface area contributed by atoms with Gasteiger partial charge in [0.05, 0.1) is 24.5 Å². The van der Waals surface area contributed by atoms with Gasteiger partial charge in [0.15, 0.2) is 5.78 Å². The molecule has 106 valence electrons. The first-order chi connectivity index (χ1) is 9.76. The molecule has 4 nitrogen and oxygen atoms in total. The fraction of sp³-hybridized carbons (Fsp3) is 0.438. The minimum atomic E-state index is -0.0380. The van der Waals surface area contributed by atoms with Gasteiger partial charge in [-0.05, 0) is 25.0 Å². The lowest BCUT2D eigenvalue weighted by Crippen LogP contribution is -2.23. The number of H-pyrrole nitrogens is 1. The summed E-state index contributed by atoms with van der Waals surface area (Å²) in [5.74, 6) is 0.855. The van der Waals surface area contributed by atoms with Gasteiger partial charge in [0.25, 0.3) is 0 Å². The van der Waals surface area contributed by atoms with Crippen molar-refractivity contribution in [3.8, 4) is 5.75 Å². The van der Waals surface area contributed by atoms with Gasteiger partial charge >= 0.3 is 0 Å². The number of methoxy groups -OCH3 is 1. The maximum atomic E-state index is 12.8. The number of ketones is 1. The molecule has 1 aliphatic heterocycles. The van der Waals surface area contributed by atoms with Gasteiger partial charge in [-0.2, -0.15) is 0 Å². The van der Waals surface area contributed by atoms with Crippen molar-refractivity contribution in [2.24, 2.45) is 5.92 Å². The number of carbonyl (C=O) groups is 1. The summed E-state index contributed by atoms with van der Waals surface area (Å²) >= 11 is 0. The minimum Gasteiger partial charge on any atom is -0.496 e. The Morgan fingerprint density at radius 1 is 1.50 bits per heavy atom. The Morgan fingerprint density at radius 3 is 3.10 bits per heavy atom. The van der Waals surface area contributed by atoms with Crippen LogP contribution < -0.4 is 4.74 Å². The number of rotatable bonds is 4. The van der Waals surface area contributed by atoms with Crippen LogP contribution in [0.1, 0.15) is 30.1 Å². The first-order valence-corrected chi connectivity index (χ1v) is 7.06. The second kappa shape index (κ2) is 5.29. The van der Waals surface area contributed by atoms with Crippen LogP contribution in [0.3, 0.4) is 0 Å². The number of carbonyl (C=O) groups excluding carboxylic acids is 1. The topological polar surface area (TPSA) is 51.3 Å². The Labute approximate surface area is 118 Å². The summed E-state index contributed by atoms with van der Waals surface area (Å²) in [6, 6.07) is 5.76. The van der Waals surface area contributed by atoms with Gasteiger partial charge in [0, 0.05) is 23.9 Å². The average Bonchev–Trinajstić information content (AvgIpc) is 3.12. The predicted molar refractivity (Wildman–Crippen MR) is 77.3 cm³/mol. The minimum absolute atomic E-state index is 0.0380. The molecule has 0 saturated carbocycles. The molecule has 0 amide bonds. The molecule has 1 fully saturated rings. The van der Waals surface area contributed by atoms with Gasteiger partial charge in [-0.25, -0.2) is 0 Å². The molecule has 1 aliphatic rings. The van der Waals surface area contributed by atoms with E-state index in [1.54, 1.807) is 13.3 Å². The van der Waals surface area contributed by atoms with Crippen LogP contribution in [0.4, 0.5) is 0 Å². The summed E-state index contributed by atoms with van der Waals surface area (Å²) in [6.45, 7) is 2.74. The van der Waals surface area contributed by atoms with E-state index in [-0.39, 0.29) is 17.8 Å². The number of Topliss-reactive ketones (excluding diaryl/α,β-unsaturated/α-hetero) is 1. The van der Waals surface area contributed by atoms with Crippen LogP contribution in [0.15, 0.2) is 24.4 Å². The predicted octanol–water partition coefficient (Wildman–Crippen LogP) is 3.17. The molecule has 1 aromatic heterocycles. The Bertz CT molecular complexity index is 632. The van der Waals surface area contributed by atoms with E-state index in [4.69, 9.17) is 9.47 Å². The zero-order valence-corrected chi connectivity index (χ0v) is 11.8. The van der Waals surface area contributed by atoms with E-state index in [2.05, 4.69) is 11.9 Å². The Morgan fingerprint density at radius 2 is 2.35 bits per heavy atom. The molecule has 1 N–H and O–H groups in total. The number of ether oxygens (including phenoxy) is 2. The highest BCUT2D eigenvalue weighted by molar-refractivity contribution is 6.11. The molecule has 20 heavy (non-hydrogen) atoms. The largest absolute Gasteiger partial charge is 0.496 e. The summed E-state index contributed by atoms with van der Waals surface area (Å²) in [5.41, 5.74) is 1.64. The summed E-state index contributed by atoms with van der Waals surface area (Å²) in [6.07, 6.45) is 3.51. The Kier molecular flexibility index (Phi) is 3.49. The van der Waals surface area contributed by atoms with Crippen molar-refractivity contribution < 1.29 is 14.3 Å². The molecular weight excluding hydrogens is 254 g/mol. The van der Waals surface area contributed by atoms with Crippen molar-refractivity contribution in [2.75, 3.05) is 13.7 Å². The molecule has 0 radical (unpaired) electrons. The van der Waals surface area contributed by atoms with Crippen LogP contribution in [0.2, 0.25) is 0 Å². The standard InChI is InChI=1S/C16H19NO3/c1-3-13-10(7-8-20-13)16(18)11-9-17-12-5-4-6-14(19-2)15(11)12/h4-6,9-10,13,17H,3,7-8H2,1-2H3. The molecule has 2 aromatic rings. The third kappa shape index (κ3) is 2.00. The first kappa shape index (κ1) is 13.2. The zero-order chi connectivity index (χ0) is 14.1. The van der Waals surface area contributed by atoms with Crippen LogP contribution >= 0.6 is 0 Å². The molecule has 2 unspecified atom stereocenters. The zero-order valence-electron chi connectivity index (χ0n) is 11.8. The van der Waals surface area contributed by atoms with Crippen molar-refractivity contribution in [1.29, 1.82) is 0 Å². The molecule has 0 spiro atoms. The highest BCUT2D eigenvalue weighted by Gasteiger charge is 2.34. The van der Waals surface area contributed by atoms with Crippen molar-refractivity contribution in [3.63, 3.8) is 0 Å². The number of benzene rings is 1. The van der Waals surface area contributed by atoms with Gasteiger partial charge in [-0.3, -0.25) is 4.79 Å². The van der Waals surface area contributed by atoms with Crippen LogP contribution in [0.5, 0.6) is 5.75 Å². The van der Waals surface area contributed by atoms with Gasteiger partial charge in [0.2, 0.25) is 0 Å². The third-order valence-corrected chi connectivity index (χ3v) is 4.10. The van der Waals surface area contributed by atoms with E-state index in [0.717, 1.165) is 29.5 Å². The second-order valence-electron chi connectivity index (χ2n) is 5.16. The Balaban J connectivity index is 2.04. The smallest absolute Gasteiger partial charge is 0.170 e. The van der Waals surface area contributed by atoms with E-state index in [9.17, 15) is 4.79 Å². The fourth-order valence-corrected chi connectivity index (χ4v) is 3.07. The van der Waals surface area contributed by atoms with Gasteiger partial charge in [0.1, 0.15) is 5.75 Å². The highest BCUT2D eigenvalue weighted by Crippen LogP contribution is 2.33. The van der Waals surface area contributed by atoms with E-state index in [1.165, 1.54) is 0 Å². The molecule has 2 heterocycles. The summed E-state index contributed by atoms with van der Waals surface area (Å²) in [7, 11) is 1.63. The van der Waals surface area contributed by atoms with Crippen molar-refractivity contribution >= 4 is 16.7 Å². The normalized spacial score (nSPS) is 22.3. The molecule has 0 aliphatic carbocycles. The molecule has 4 heteroatoms. The van der Waals surface area contributed by atoms with Gasteiger partial charge < -0.3 is 14.5 Å². The van der Waals surface area contributed by atoms with Crippen LogP contribution in [-0.2, 0) is 4.74 Å². The van der Waals surface area contributed by atoms with Crippen molar-refractivity contribution in [1.82, 2.24) is 4.98 Å². The van der Waals surface area contributed by atoms with E-state index >= 15 is 0 Å². The maximum absolute atomic E-state index is 12.8. The van der Waals surface area contributed by atoms with Crippen LogP contribution in [0.25, 0.3) is 10.9 Å². The molecule has 2 atom stereocenters. The quantitative estimate of drug-likeness (QED) is 0.870. The summed E-state index contributed by atoms with van der Waals surface area (Å²) < 4.78 is 11.0. The lowest BCUT2D eigenvalue weighted by atomic mass is 9.90. The first-order valence-electron chi connectivity index (χ1n) is 7.06. The third-order valence-electron chi connectivity index (χ3n) is 4.10. The van der Waals surface area contributed by atoms with E-state index in [1.807, 2.05) is 18.2 Å². The Hall–Kier alpha value is -1.81. The van der Waals surface area contributed by atoms with Crippen LogP contribution in [-0.4, -0.2) is 30.6 Å². The molecule has 1 saturated heterocycles. The number of nitrogens with one attached hydrogen (secondary N) is 1. The van der Waals surface area contributed by atoms with E-state index in [0.29, 0.717) is 12.2 Å². The second-order valence-corrected chi connectivity index (χ2v) is 5.16. The van der Waals surface area contributed by atoms with E-state index < -0.39 is 0 Å². The van der Waals surface area contributed by atoms with Crippen molar-refractivity contribution in [2.45, 2.75) is 25.9 Å². The SMILES string of the molecule is CCC1OCCC1C(=O)c1c[nH]c2cccc(OC)c12. The average molecular weight is 273 g/mol. The van der Waals surface area contributed by atoms with Gasteiger partial charge in [-0.1, -0.05) is 13.0 Å².